The summed E-state index contributed by atoms with van der Waals surface area (Å²) in [6, 6.07) is 0. The van der Waals surface area contributed by atoms with Crippen LogP contribution in [-0.4, -0.2) is 19.2 Å². The first-order valence-corrected chi connectivity index (χ1v) is 5.43. The normalized spacial score (nSPS) is 6.80. The lowest BCUT2D eigenvalue weighted by Crippen LogP contribution is -1.26. The van der Waals surface area contributed by atoms with Crippen LogP contribution in [0, 0.1) is 0 Å². The lowest BCUT2D eigenvalue weighted by molar-refractivity contribution is 2.31. The summed E-state index contributed by atoms with van der Waals surface area (Å²) in [6.45, 7) is 4.69. The molecule has 0 spiro atoms. The molecule has 0 aromatic rings. The Kier molecular flexibility index (Phi) is 2.82. The molecule has 0 nitrogen and oxygen atoms in total. The van der Waals surface area contributed by atoms with Gasteiger partial charge in [0.05, 0.1) is 0 Å². The summed E-state index contributed by atoms with van der Waals surface area (Å²) in [5.74, 6) is 3.69. The van der Waals surface area contributed by atoms with Gasteiger partial charge in [0.15, 0.2) is 0 Å². The van der Waals surface area contributed by atoms with Gasteiger partial charge in [-0.05, 0) is 13.3 Å². The highest BCUT2D eigenvalue weighted by atomic mass is 32.4. The van der Waals surface area contributed by atoms with Crippen molar-refractivity contribution in [2.45, 2.75) is 0 Å². The highest BCUT2D eigenvalue weighted by Gasteiger charge is 1.47. The van der Waals surface area contributed by atoms with E-state index in [9.17, 15) is 0 Å². The summed E-state index contributed by atoms with van der Waals surface area (Å²) in [5, 5.41) is 0. The van der Waals surface area contributed by atoms with E-state index in [-0.39, 0.29) is 6.50 Å². The SMILES string of the molecule is C=[SH]#P(C)C. The Hall–Kier alpha value is 0.390. The molecular formula is C3H9PS. The molecule has 5 heavy (non-hydrogen) atoms. The Bertz CT molecular complexity index is 110. The molecule has 0 bridgehead atoms. The molecule has 0 amide bonds. The van der Waals surface area contributed by atoms with Crippen molar-refractivity contribution in [2.24, 2.45) is 0 Å². The zero-order chi connectivity index (χ0) is 4.28. The number of hydrogen-bond donors (Lipinski definition) is 1. The summed E-state index contributed by atoms with van der Waals surface area (Å²) in [6.07, 6.45) is 0. The zero-order valence-electron chi connectivity index (χ0n) is 3.60. The van der Waals surface area contributed by atoms with Gasteiger partial charge in [-0.2, -0.15) is 0 Å². The van der Waals surface area contributed by atoms with E-state index >= 15 is 0 Å². The second kappa shape index (κ2) is 2.62. The van der Waals surface area contributed by atoms with E-state index in [2.05, 4.69) is 19.2 Å². The third kappa shape index (κ3) is 4.39. The minimum absolute atomic E-state index is 0.263. The minimum Gasteiger partial charge on any atom is -0.228 e. The quantitative estimate of drug-likeness (QED) is 0.271. The summed E-state index contributed by atoms with van der Waals surface area (Å²) in [5.41, 5.74) is 0. The van der Waals surface area contributed by atoms with Crippen LogP contribution in [-0.2, 0) is 0 Å². The van der Waals surface area contributed by atoms with E-state index in [0.29, 0.717) is 0 Å². The monoisotopic (exact) mass is 108 g/mol. The molecule has 0 aromatic heterocycles. The Morgan fingerprint density at radius 1 is 1.60 bits per heavy atom. The van der Waals surface area contributed by atoms with Crippen molar-refractivity contribution in [1.29, 1.82) is 0 Å². The second-order valence-corrected chi connectivity index (χ2v) is 6.21. The van der Waals surface area contributed by atoms with Crippen molar-refractivity contribution in [1.82, 2.24) is 0 Å². The van der Waals surface area contributed by atoms with Crippen molar-refractivity contribution in [2.75, 3.05) is 13.3 Å². The van der Waals surface area contributed by atoms with Gasteiger partial charge in [0.1, 0.15) is 0 Å². The van der Waals surface area contributed by atoms with E-state index < -0.39 is 0 Å². The fourth-order valence-corrected chi connectivity index (χ4v) is 0. The molecule has 2 heteroatoms. The Morgan fingerprint density at radius 2 is 1.80 bits per heavy atom. The fraction of sp³-hybridized carbons (Fsp3) is 0.667. The van der Waals surface area contributed by atoms with Gasteiger partial charge in [0.2, 0.25) is 0 Å². The second-order valence-electron chi connectivity index (χ2n) is 0.989. The average Bonchev–Trinajstić information content (AvgIpc) is 1.38. The largest absolute Gasteiger partial charge is 0.228 e. The Labute approximate surface area is 36.8 Å². The van der Waals surface area contributed by atoms with E-state index in [1.807, 2.05) is 0 Å². The summed E-state index contributed by atoms with van der Waals surface area (Å²) in [4.78, 5) is 0. The molecule has 0 radical (unpaired) electrons. The highest BCUT2D eigenvalue weighted by molar-refractivity contribution is 8.14. The molecule has 0 N–H and O–H groups in total. The third-order valence-electron chi connectivity index (χ3n) is 0.283. The number of thiol groups is 1. The van der Waals surface area contributed by atoms with Gasteiger partial charge in [-0.3, -0.25) is 0 Å². The topological polar surface area (TPSA) is 0 Å². The average molecular weight is 108 g/mol. The van der Waals surface area contributed by atoms with Crippen LogP contribution < -0.4 is 0 Å². The van der Waals surface area contributed by atoms with Crippen LogP contribution in [0.5, 0.6) is 0 Å². The molecule has 0 saturated carbocycles. The Balaban J connectivity index is 3.97. The lowest BCUT2D eigenvalue weighted by Gasteiger charge is -1.65. The summed E-state index contributed by atoms with van der Waals surface area (Å²) in [7, 11) is 1.31. The molecule has 0 atom stereocenters. The van der Waals surface area contributed by atoms with Crippen LogP contribution in [0.2, 0.25) is 0 Å². The fourth-order valence-electron chi connectivity index (χ4n) is 0. The zero-order valence-corrected chi connectivity index (χ0v) is 5.39. The summed E-state index contributed by atoms with van der Waals surface area (Å²) < 4.78 is 0. The molecule has 0 fully saturated rings. The first-order chi connectivity index (χ1) is 2.27. The van der Waals surface area contributed by atoms with Gasteiger partial charge in [-0.15, -0.1) is 6.50 Å². The highest BCUT2D eigenvalue weighted by Crippen LogP contribution is 2.04. The van der Waals surface area contributed by atoms with Gasteiger partial charge in [-0.25, -0.2) is 10.3 Å². The molecule has 0 aliphatic carbocycles. The molecule has 0 saturated heterocycles. The molecule has 32 valence electrons. The van der Waals surface area contributed by atoms with Gasteiger partial charge < -0.3 is 0 Å². The van der Waals surface area contributed by atoms with E-state index in [1.165, 1.54) is 10.3 Å². The van der Waals surface area contributed by atoms with Crippen LogP contribution in [0.25, 0.3) is 0 Å². The van der Waals surface area contributed by atoms with Crippen molar-refractivity contribution in [3.8, 4) is 0 Å². The number of rotatable bonds is 0. The summed E-state index contributed by atoms with van der Waals surface area (Å²) >= 11 is 0. The predicted octanol–water partition coefficient (Wildman–Crippen LogP) is 1.54. The standard InChI is InChI=1S/C3H9PS/c1-4(2)5-3/h5H,3H2,1-2H3. The van der Waals surface area contributed by atoms with Gasteiger partial charge in [-0.1, -0.05) is 5.87 Å². The minimum atomic E-state index is 0.263. The Morgan fingerprint density at radius 3 is 1.80 bits per heavy atom. The van der Waals surface area contributed by atoms with Crippen LogP contribution in [0.3, 0.4) is 0 Å². The van der Waals surface area contributed by atoms with E-state index in [1.54, 1.807) is 0 Å². The lowest BCUT2D eigenvalue weighted by atomic mass is 11.9. The van der Waals surface area contributed by atoms with E-state index in [4.69, 9.17) is 0 Å². The maximum atomic E-state index is 3.69. The van der Waals surface area contributed by atoms with Gasteiger partial charge >= 0.3 is 0 Å². The first kappa shape index (κ1) is 5.39. The molecule has 0 aliphatic heterocycles. The van der Waals surface area contributed by atoms with Crippen LogP contribution in [0.1, 0.15) is 0 Å². The van der Waals surface area contributed by atoms with E-state index in [0.717, 1.165) is 0 Å². The van der Waals surface area contributed by atoms with Crippen molar-refractivity contribution >= 4 is 22.7 Å². The molecular weight excluding hydrogens is 99.1 g/mol. The van der Waals surface area contributed by atoms with Crippen molar-refractivity contribution < 1.29 is 0 Å². The molecule has 0 heterocycles. The van der Waals surface area contributed by atoms with Crippen LogP contribution in [0.15, 0.2) is 0 Å². The molecule has 0 aromatic carbocycles. The number of hydrogen-bond acceptors (Lipinski definition) is 0. The van der Waals surface area contributed by atoms with Crippen molar-refractivity contribution in [3.63, 3.8) is 0 Å². The maximum Gasteiger partial charge on any atom is -0.0221 e. The molecule has 0 aliphatic rings. The van der Waals surface area contributed by atoms with Gasteiger partial charge in [0.25, 0.3) is 0 Å². The van der Waals surface area contributed by atoms with Crippen LogP contribution in [0.4, 0.5) is 0 Å². The third-order valence-corrected chi connectivity index (χ3v) is 2.55. The predicted molar refractivity (Wildman–Crippen MR) is 34.9 cm³/mol. The molecule has 0 unspecified atom stereocenters. The van der Waals surface area contributed by atoms with Gasteiger partial charge in [0, 0.05) is 0 Å². The molecule has 0 rings (SSSR count). The van der Waals surface area contributed by atoms with Crippen LogP contribution >= 0.6 is 16.8 Å². The smallest absolute Gasteiger partial charge is 0.0221 e. The first-order valence-electron chi connectivity index (χ1n) is 1.41. The van der Waals surface area contributed by atoms with Crippen molar-refractivity contribution in [3.05, 3.63) is 0 Å². The maximum absolute atomic E-state index is 3.69.